The van der Waals surface area contributed by atoms with Gasteiger partial charge in [-0.25, -0.2) is 0 Å². The molecule has 0 bridgehead atoms. The van der Waals surface area contributed by atoms with Crippen LogP contribution in [0.4, 0.5) is 5.69 Å². The second-order valence-corrected chi connectivity index (χ2v) is 4.48. The lowest BCUT2D eigenvalue weighted by atomic mass is 10.3. The molecule has 1 aromatic rings. The predicted molar refractivity (Wildman–Crippen MR) is 74.3 cm³/mol. The number of halogens is 1. The third-order valence-electron chi connectivity index (χ3n) is 2.26. The number of hydrogen-bond donors (Lipinski definition) is 1. The third-order valence-corrected chi connectivity index (χ3v) is 2.79. The van der Waals surface area contributed by atoms with E-state index in [0.717, 1.165) is 23.1 Å². The van der Waals surface area contributed by atoms with Gasteiger partial charge in [-0.05, 0) is 38.1 Å². The summed E-state index contributed by atoms with van der Waals surface area (Å²) in [6, 6.07) is 8.12. The Kier molecular flexibility index (Phi) is 7.24. The first-order valence-corrected chi connectivity index (χ1v) is 6.78. The molecule has 4 heteroatoms. The first kappa shape index (κ1) is 14.5. The van der Waals surface area contributed by atoms with Crippen LogP contribution in [-0.4, -0.2) is 26.0 Å². The number of benzene rings is 1. The maximum absolute atomic E-state index is 5.47. The molecule has 0 aliphatic heterocycles. The van der Waals surface area contributed by atoms with Crippen molar-refractivity contribution in [3.63, 3.8) is 0 Å². The van der Waals surface area contributed by atoms with Crippen molar-refractivity contribution < 1.29 is 9.47 Å². The average molecular weight is 302 g/mol. The number of nitrogens with one attached hydrogen (secondary N) is 1. The van der Waals surface area contributed by atoms with Gasteiger partial charge in [-0.1, -0.05) is 15.9 Å². The summed E-state index contributed by atoms with van der Waals surface area (Å²) < 4.78 is 12.0. The number of ether oxygens (including phenoxy) is 2. The van der Waals surface area contributed by atoms with Crippen LogP contribution >= 0.6 is 15.9 Å². The highest BCUT2D eigenvalue weighted by Crippen LogP contribution is 2.14. The fourth-order valence-electron chi connectivity index (χ4n) is 1.49. The van der Waals surface area contributed by atoms with Crippen LogP contribution < -0.4 is 5.32 Å². The summed E-state index contributed by atoms with van der Waals surface area (Å²) in [6.07, 6.45) is 0.741. The van der Waals surface area contributed by atoms with Crippen molar-refractivity contribution in [2.75, 3.05) is 25.1 Å². The van der Waals surface area contributed by atoms with E-state index < -0.39 is 0 Å². The molecule has 0 unspecified atom stereocenters. The highest BCUT2D eigenvalue weighted by molar-refractivity contribution is 9.10. The summed E-state index contributed by atoms with van der Waals surface area (Å²) in [5, 5.41) is 3.34. The molecule has 1 rings (SSSR count). The van der Waals surface area contributed by atoms with Crippen molar-refractivity contribution in [1.29, 1.82) is 0 Å². The Morgan fingerprint density at radius 2 is 1.71 bits per heavy atom. The van der Waals surface area contributed by atoms with Gasteiger partial charge in [-0.2, -0.15) is 0 Å². The minimum absolute atomic E-state index is 0.104. The SMILES string of the molecule is CCOC(CCNc1ccc(Br)cc1)OCC. The van der Waals surface area contributed by atoms with E-state index in [9.17, 15) is 0 Å². The molecule has 0 aliphatic carbocycles. The van der Waals surface area contributed by atoms with Crippen LogP contribution in [0.15, 0.2) is 28.7 Å². The summed E-state index contributed by atoms with van der Waals surface area (Å²) >= 11 is 3.41. The molecule has 0 spiro atoms. The van der Waals surface area contributed by atoms with Crippen molar-refractivity contribution >= 4 is 21.6 Å². The highest BCUT2D eigenvalue weighted by atomic mass is 79.9. The van der Waals surface area contributed by atoms with Crippen LogP contribution in [0.2, 0.25) is 0 Å². The Balaban J connectivity index is 2.27. The van der Waals surface area contributed by atoms with Gasteiger partial charge in [-0.15, -0.1) is 0 Å². The van der Waals surface area contributed by atoms with Gasteiger partial charge in [0.05, 0.1) is 0 Å². The summed E-state index contributed by atoms with van der Waals surface area (Å²) in [6.45, 7) is 6.17. The van der Waals surface area contributed by atoms with Crippen LogP contribution in [0, 0.1) is 0 Å². The molecule has 1 N–H and O–H groups in total. The Morgan fingerprint density at radius 1 is 1.12 bits per heavy atom. The number of hydrogen-bond acceptors (Lipinski definition) is 3. The van der Waals surface area contributed by atoms with Gasteiger partial charge in [0.1, 0.15) is 0 Å². The van der Waals surface area contributed by atoms with Gasteiger partial charge in [0.25, 0.3) is 0 Å². The lowest BCUT2D eigenvalue weighted by Gasteiger charge is -2.17. The van der Waals surface area contributed by atoms with Gasteiger partial charge in [0.15, 0.2) is 6.29 Å². The summed E-state index contributed by atoms with van der Waals surface area (Å²) in [7, 11) is 0. The fourth-order valence-corrected chi connectivity index (χ4v) is 1.75. The zero-order chi connectivity index (χ0) is 12.5. The van der Waals surface area contributed by atoms with E-state index in [2.05, 4.69) is 21.2 Å². The van der Waals surface area contributed by atoms with Crippen molar-refractivity contribution in [3.8, 4) is 0 Å². The topological polar surface area (TPSA) is 30.5 Å². The van der Waals surface area contributed by atoms with Gasteiger partial charge in [0.2, 0.25) is 0 Å². The Bertz CT molecular complexity index is 297. The van der Waals surface area contributed by atoms with Crippen LogP contribution in [0.1, 0.15) is 20.3 Å². The summed E-state index contributed by atoms with van der Waals surface area (Å²) in [4.78, 5) is 0. The summed E-state index contributed by atoms with van der Waals surface area (Å²) in [5.41, 5.74) is 1.11. The van der Waals surface area contributed by atoms with Gasteiger partial charge in [0, 0.05) is 36.3 Å². The molecule has 0 aliphatic rings. The quantitative estimate of drug-likeness (QED) is 0.744. The second-order valence-electron chi connectivity index (χ2n) is 3.56. The molecular formula is C13H20BrNO2. The smallest absolute Gasteiger partial charge is 0.159 e. The van der Waals surface area contributed by atoms with Gasteiger partial charge in [-0.3, -0.25) is 0 Å². The fraction of sp³-hybridized carbons (Fsp3) is 0.538. The van der Waals surface area contributed by atoms with E-state index in [4.69, 9.17) is 9.47 Å². The molecule has 0 heterocycles. The van der Waals surface area contributed by atoms with E-state index in [1.165, 1.54) is 0 Å². The standard InChI is InChI=1S/C13H20BrNO2/c1-3-16-13(17-4-2)9-10-15-12-7-5-11(14)6-8-12/h5-8,13,15H,3-4,9-10H2,1-2H3. The van der Waals surface area contributed by atoms with Gasteiger partial charge >= 0.3 is 0 Å². The predicted octanol–water partition coefficient (Wildman–Crippen LogP) is 3.65. The van der Waals surface area contributed by atoms with Crippen LogP contribution in [0.3, 0.4) is 0 Å². The van der Waals surface area contributed by atoms with E-state index in [1.807, 2.05) is 38.1 Å². The van der Waals surface area contributed by atoms with Gasteiger partial charge < -0.3 is 14.8 Å². The number of anilines is 1. The average Bonchev–Trinajstić information content (AvgIpc) is 2.32. The molecule has 1 aromatic carbocycles. The van der Waals surface area contributed by atoms with Crippen molar-refractivity contribution in [2.24, 2.45) is 0 Å². The van der Waals surface area contributed by atoms with Crippen LogP contribution in [-0.2, 0) is 9.47 Å². The Hall–Kier alpha value is -0.580. The van der Waals surface area contributed by atoms with Crippen LogP contribution in [0.5, 0.6) is 0 Å². The zero-order valence-corrected chi connectivity index (χ0v) is 12.0. The van der Waals surface area contributed by atoms with Crippen molar-refractivity contribution in [3.05, 3.63) is 28.7 Å². The third kappa shape index (κ3) is 6.05. The van der Waals surface area contributed by atoms with Crippen molar-refractivity contribution in [1.82, 2.24) is 0 Å². The molecule has 0 saturated heterocycles. The molecule has 0 saturated carbocycles. The molecule has 0 fully saturated rings. The highest BCUT2D eigenvalue weighted by Gasteiger charge is 2.06. The van der Waals surface area contributed by atoms with Crippen molar-refractivity contribution in [2.45, 2.75) is 26.6 Å². The van der Waals surface area contributed by atoms with Crippen LogP contribution in [0.25, 0.3) is 0 Å². The van der Waals surface area contributed by atoms with E-state index >= 15 is 0 Å². The molecular weight excluding hydrogens is 282 g/mol. The molecule has 0 radical (unpaired) electrons. The normalized spacial score (nSPS) is 10.8. The molecule has 0 atom stereocenters. The first-order valence-electron chi connectivity index (χ1n) is 5.99. The molecule has 0 amide bonds. The Labute approximate surface area is 112 Å². The first-order chi connectivity index (χ1) is 8.26. The monoisotopic (exact) mass is 301 g/mol. The summed E-state index contributed by atoms with van der Waals surface area (Å²) in [5.74, 6) is 0. The van der Waals surface area contributed by atoms with E-state index in [-0.39, 0.29) is 6.29 Å². The van der Waals surface area contributed by atoms with E-state index in [1.54, 1.807) is 0 Å². The number of rotatable bonds is 8. The minimum atomic E-state index is -0.104. The molecule has 3 nitrogen and oxygen atoms in total. The maximum Gasteiger partial charge on any atom is 0.159 e. The molecule has 0 aromatic heterocycles. The lowest BCUT2D eigenvalue weighted by molar-refractivity contribution is -0.137. The molecule has 17 heavy (non-hydrogen) atoms. The maximum atomic E-state index is 5.47. The molecule has 96 valence electrons. The zero-order valence-electron chi connectivity index (χ0n) is 10.4. The largest absolute Gasteiger partial charge is 0.385 e. The Morgan fingerprint density at radius 3 is 2.24 bits per heavy atom. The second kappa shape index (κ2) is 8.50. The lowest BCUT2D eigenvalue weighted by Crippen LogP contribution is -2.21. The minimum Gasteiger partial charge on any atom is -0.385 e. The van der Waals surface area contributed by atoms with E-state index in [0.29, 0.717) is 13.2 Å².